The standard InChI is InChI=1S/C12H15N3O3S/c1-15-12(6-8-13-15)19(17,18)14-11-4-2-10(3-5-11)7-9-16/h2-6,8,14,16H,7,9H2,1H3. The molecule has 6 nitrogen and oxygen atoms in total. The van der Waals surface area contributed by atoms with Gasteiger partial charge in [-0.25, -0.2) is 0 Å². The second-order valence-corrected chi connectivity index (χ2v) is 5.70. The molecule has 0 atom stereocenters. The molecule has 0 saturated heterocycles. The lowest BCUT2D eigenvalue weighted by Crippen LogP contribution is -2.16. The van der Waals surface area contributed by atoms with E-state index in [0.29, 0.717) is 12.1 Å². The molecule has 0 aliphatic rings. The van der Waals surface area contributed by atoms with Gasteiger partial charge in [0.25, 0.3) is 10.0 Å². The molecule has 0 aliphatic carbocycles. The number of benzene rings is 1. The highest BCUT2D eigenvalue weighted by Gasteiger charge is 2.17. The molecule has 1 aromatic heterocycles. The van der Waals surface area contributed by atoms with Crippen molar-refractivity contribution in [3.8, 4) is 0 Å². The van der Waals surface area contributed by atoms with Crippen molar-refractivity contribution in [3.05, 3.63) is 42.1 Å². The lowest BCUT2D eigenvalue weighted by atomic mass is 10.1. The van der Waals surface area contributed by atoms with E-state index in [2.05, 4.69) is 9.82 Å². The summed E-state index contributed by atoms with van der Waals surface area (Å²) in [6, 6.07) is 8.31. The van der Waals surface area contributed by atoms with E-state index >= 15 is 0 Å². The summed E-state index contributed by atoms with van der Waals surface area (Å²) < 4.78 is 27.9. The van der Waals surface area contributed by atoms with Crippen LogP contribution in [0.3, 0.4) is 0 Å². The first-order valence-electron chi connectivity index (χ1n) is 5.73. The van der Waals surface area contributed by atoms with E-state index in [1.807, 2.05) is 0 Å². The Morgan fingerprint density at radius 2 is 1.95 bits per heavy atom. The second-order valence-electron chi connectivity index (χ2n) is 4.07. The van der Waals surface area contributed by atoms with Gasteiger partial charge < -0.3 is 5.11 Å². The van der Waals surface area contributed by atoms with Crippen LogP contribution in [0.4, 0.5) is 5.69 Å². The maximum Gasteiger partial charge on any atom is 0.279 e. The molecule has 2 aromatic rings. The number of rotatable bonds is 5. The summed E-state index contributed by atoms with van der Waals surface area (Å²) in [4.78, 5) is 0. The van der Waals surface area contributed by atoms with Gasteiger partial charge >= 0.3 is 0 Å². The molecule has 2 rings (SSSR count). The van der Waals surface area contributed by atoms with Gasteiger partial charge in [-0.3, -0.25) is 9.40 Å². The SMILES string of the molecule is Cn1nccc1S(=O)(=O)Nc1ccc(CCO)cc1. The number of aliphatic hydroxyl groups is 1. The number of nitrogens with zero attached hydrogens (tertiary/aromatic N) is 2. The molecular formula is C12H15N3O3S. The van der Waals surface area contributed by atoms with Gasteiger partial charge in [-0.15, -0.1) is 0 Å². The Bertz CT molecular complexity index is 647. The number of nitrogens with one attached hydrogen (secondary N) is 1. The quantitative estimate of drug-likeness (QED) is 0.847. The highest BCUT2D eigenvalue weighted by Crippen LogP contribution is 2.16. The van der Waals surface area contributed by atoms with Crippen LogP contribution in [0.15, 0.2) is 41.6 Å². The van der Waals surface area contributed by atoms with E-state index in [1.165, 1.54) is 16.9 Å². The van der Waals surface area contributed by atoms with Crippen molar-refractivity contribution in [1.29, 1.82) is 0 Å². The maximum absolute atomic E-state index is 12.1. The number of anilines is 1. The highest BCUT2D eigenvalue weighted by atomic mass is 32.2. The molecule has 0 radical (unpaired) electrons. The zero-order chi connectivity index (χ0) is 13.9. The van der Waals surface area contributed by atoms with E-state index < -0.39 is 10.0 Å². The molecule has 1 heterocycles. The summed E-state index contributed by atoms with van der Waals surface area (Å²) in [5.41, 5.74) is 1.42. The predicted octanol–water partition coefficient (Wildman–Crippen LogP) is 0.756. The fourth-order valence-electron chi connectivity index (χ4n) is 1.70. The van der Waals surface area contributed by atoms with E-state index in [9.17, 15) is 8.42 Å². The van der Waals surface area contributed by atoms with Gasteiger partial charge in [-0.2, -0.15) is 13.5 Å². The Morgan fingerprint density at radius 3 is 2.47 bits per heavy atom. The average Bonchev–Trinajstić information content (AvgIpc) is 2.79. The molecule has 2 N–H and O–H groups in total. The van der Waals surface area contributed by atoms with Crippen molar-refractivity contribution in [1.82, 2.24) is 9.78 Å². The summed E-state index contributed by atoms with van der Waals surface area (Å²) in [7, 11) is -2.06. The van der Waals surface area contributed by atoms with Crippen LogP contribution in [0.1, 0.15) is 5.56 Å². The van der Waals surface area contributed by atoms with Crippen LogP contribution < -0.4 is 4.72 Å². The molecule has 0 spiro atoms. The Labute approximate surface area is 111 Å². The van der Waals surface area contributed by atoms with Crippen LogP contribution in [-0.2, 0) is 23.5 Å². The normalized spacial score (nSPS) is 11.5. The first-order valence-corrected chi connectivity index (χ1v) is 7.22. The van der Waals surface area contributed by atoms with Crippen LogP contribution in [0, 0.1) is 0 Å². The van der Waals surface area contributed by atoms with Crippen LogP contribution in [-0.4, -0.2) is 29.9 Å². The molecule has 102 valence electrons. The van der Waals surface area contributed by atoms with Gasteiger partial charge in [0.1, 0.15) is 0 Å². The predicted molar refractivity (Wildman–Crippen MR) is 71.2 cm³/mol. The highest BCUT2D eigenvalue weighted by molar-refractivity contribution is 7.92. The fraction of sp³-hybridized carbons (Fsp3) is 0.250. The first-order chi connectivity index (χ1) is 9.03. The smallest absolute Gasteiger partial charge is 0.279 e. The number of aromatic nitrogens is 2. The second kappa shape index (κ2) is 5.41. The van der Waals surface area contributed by atoms with Gasteiger partial charge in [0, 0.05) is 19.3 Å². The van der Waals surface area contributed by atoms with Gasteiger partial charge in [-0.05, 0) is 30.2 Å². The topological polar surface area (TPSA) is 84.2 Å². The summed E-state index contributed by atoms with van der Waals surface area (Å²) in [6.07, 6.45) is 1.98. The van der Waals surface area contributed by atoms with E-state index in [0.717, 1.165) is 5.56 Å². The minimum Gasteiger partial charge on any atom is -0.396 e. The van der Waals surface area contributed by atoms with Crippen molar-refractivity contribution in [2.24, 2.45) is 7.05 Å². The summed E-state index contributed by atoms with van der Waals surface area (Å²) >= 11 is 0. The van der Waals surface area contributed by atoms with Crippen molar-refractivity contribution < 1.29 is 13.5 Å². The number of aryl methyl sites for hydroxylation is 1. The number of sulfonamides is 1. The van der Waals surface area contributed by atoms with E-state index in [4.69, 9.17) is 5.11 Å². The van der Waals surface area contributed by atoms with Crippen LogP contribution >= 0.6 is 0 Å². The molecule has 0 fully saturated rings. The Hall–Kier alpha value is -1.86. The molecule has 1 aromatic carbocycles. The van der Waals surface area contributed by atoms with Crippen molar-refractivity contribution >= 4 is 15.7 Å². The summed E-state index contributed by atoms with van der Waals surface area (Å²) in [5, 5.41) is 12.7. The largest absolute Gasteiger partial charge is 0.396 e. The molecule has 0 unspecified atom stereocenters. The van der Waals surface area contributed by atoms with Crippen molar-refractivity contribution in [2.45, 2.75) is 11.4 Å². The van der Waals surface area contributed by atoms with Gasteiger partial charge in [-0.1, -0.05) is 12.1 Å². The third-order valence-electron chi connectivity index (χ3n) is 2.66. The molecule has 0 saturated carbocycles. The Kier molecular flexibility index (Phi) is 3.87. The molecule has 19 heavy (non-hydrogen) atoms. The summed E-state index contributed by atoms with van der Waals surface area (Å²) in [5.74, 6) is 0. The zero-order valence-electron chi connectivity index (χ0n) is 10.4. The first kappa shape index (κ1) is 13.6. The third kappa shape index (κ3) is 3.12. The van der Waals surface area contributed by atoms with Gasteiger partial charge in [0.15, 0.2) is 5.03 Å². The van der Waals surface area contributed by atoms with Crippen LogP contribution in [0.2, 0.25) is 0 Å². The maximum atomic E-state index is 12.1. The molecular weight excluding hydrogens is 266 g/mol. The lowest BCUT2D eigenvalue weighted by Gasteiger charge is -2.08. The summed E-state index contributed by atoms with van der Waals surface area (Å²) in [6.45, 7) is 0.0695. The average molecular weight is 281 g/mol. The molecule has 0 aliphatic heterocycles. The lowest BCUT2D eigenvalue weighted by molar-refractivity contribution is 0.299. The minimum absolute atomic E-state index is 0.0695. The monoisotopic (exact) mass is 281 g/mol. The van der Waals surface area contributed by atoms with Gasteiger partial charge in [0.05, 0.1) is 6.20 Å². The number of aliphatic hydroxyl groups excluding tert-OH is 1. The molecule has 7 heteroatoms. The van der Waals surface area contributed by atoms with Gasteiger partial charge in [0.2, 0.25) is 0 Å². The number of hydrogen-bond donors (Lipinski definition) is 2. The van der Waals surface area contributed by atoms with E-state index in [1.54, 1.807) is 31.3 Å². The van der Waals surface area contributed by atoms with Crippen molar-refractivity contribution in [2.75, 3.05) is 11.3 Å². The zero-order valence-corrected chi connectivity index (χ0v) is 11.3. The number of hydrogen-bond acceptors (Lipinski definition) is 4. The van der Waals surface area contributed by atoms with E-state index in [-0.39, 0.29) is 11.6 Å². The fourth-order valence-corrected chi connectivity index (χ4v) is 2.89. The molecule has 0 amide bonds. The Balaban J connectivity index is 2.19. The van der Waals surface area contributed by atoms with Crippen molar-refractivity contribution in [3.63, 3.8) is 0 Å². The minimum atomic E-state index is -3.62. The Morgan fingerprint density at radius 1 is 1.26 bits per heavy atom. The van der Waals surface area contributed by atoms with Crippen LogP contribution in [0.25, 0.3) is 0 Å². The third-order valence-corrected chi connectivity index (χ3v) is 4.11. The molecule has 0 bridgehead atoms. The van der Waals surface area contributed by atoms with Crippen LogP contribution in [0.5, 0.6) is 0 Å².